The van der Waals surface area contributed by atoms with E-state index in [1.165, 1.54) is 0 Å². The molecule has 214 valence electrons. The number of nitrogens with one attached hydrogen (secondary N) is 2. The Kier molecular flexibility index (Phi) is 12.0. The third-order valence-electron chi connectivity index (χ3n) is 5.88. The maximum absolute atomic E-state index is 13.5. The molecule has 0 fully saturated rings. The van der Waals surface area contributed by atoms with Crippen LogP contribution in [0.5, 0.6) is 0 Å². The number of hydrogen-bond donors (Lipinski definition) is 3. The molecule has 0 spiro atoms. The molecule has 0 radical (unpaired) electrons. The smallest absolute Gasteiger partial charge is 0.407 e. The first-order valence-corrected chi connectivity index (χ1v) is 13.0. The number of Topliss-reactive ketones (excluding diaryl/α,β-unsaturated/α-hetero) is 1. The van der Waals surface area contributed by atoms with E-state index in [1.54, 1.807) is 20.8 Å². The van der Waals surface area contributed by atoms with Crippen LogP contribution in [0, 0.1) is 5.92 Å². The number of ketones is 1. The van der Waals surface area contributed by atoms with Crippen LogP contribution in [0.3, 0.4) is 0 Å². The second-order valence-electron chi connectivity index (χ2n) is 10.5. The van der Waals surface area contributed by atoms with E-state index in [0.29, 0.717) is 12.8 Å². The Balaban J connectivity index is 2.12. The first kappa shape index (κ1) is 31.8. The van der Waals surface area contributed by atoms with Crippen molar-refractivity contribution < 1.29 is 32.3 Å². The van der Waals surface area contributed by atoms with Crippen molar-refractivity contribution in [2.75, 3.05) is 6.54 Å². The van der Waals surface area contributed by atoms with Gasteiger partial charge in [-0.2, -0.15) is 13.2 Å². The molecule has 10 heteroatoms. The summed E-state index contributed by atoms with van der Waals surface area (Å²) in [4.78, 5) is 37.9. The minimum atomic E-state index is -4.59. The normalized spacial score (nSPS) is 13.4. The van der Waals surface area contributed by atoms with E-state index < -0.39 is 60.4 Å². The summed E-state index contributed by atoms with van der Waals surface area (Å²) >= 11 is 0. The number of nitrogens with two attached hydrogens (primary N) is 1. The molecule has 2 aromatic rings. The van der Waals surface area contributed by atoms with E-state index in [1.807, 2.05) is 60.7 Å². The molecule has 0 aromatic heterocycles. The van der Waals surface area contributed by atoms with Crippen molar-refractivity contribution in [1.29, 1.82) is 0 Å². The van der Waals surface area contributed by atoms with E-state index >= 15 is 0 Å². The highest BCUT2D eigenvalue weighted by Gasteiger charge is 2.35. The zero-order valence-electron chi connectivity index (χ0n) is 22.6. The summed E-state index contributed by atoms with van der Waals surface area (Å²) in [5.74, 6) is -2.18. The monoisotopic (exact) mass is 549 g/mol. The number of amides is 2. The summed E-state index contributed by atoms with van der Waals surface area (Å²) in [6.07, 6.45) is -5.88. The Morgan fingerprint density at radius 1 is 0.897 bits per heavy atom. The summed E-state index contributed by atoms with van der Waals surface area (Å²) in [5, 5.41) is 5.61. The molecule has 2 rings (SSSR count). The van der Waals surface area contributed by atoms with Gasteiger partial charge in [0.05, 0.1) is 18.5 Å². The number of carbonyl (C=O) groups excluding carboxylic acids is 3. The van der Waals surface area contributed by atoms with Crippen LogP contribution in [0.4, 0.5) is 18.0 Å². The highest BCUT2D eigenvalue weighted by Crippen LogP contribution is 2.26. The molecule has 0 unspecified atom stereocenters. The zero-order valence-corrected chi connectivity index (χ0v) is 22.6. The van der Waals surface area contributed by atoms with E-state index in [0.717, 1.165) is 11.1 Å². The van der Waals surface area contributed by atoms with Crippen LogP contribution >= 0.6 is 0 Å². The lowest BCUT2D eigenvalue weighted by molar-refractivity contribution is -0.147. The molecule has 7 nitrogen and oxygen atoms in total. The minimum absolute atomic E-state index is 0.225. The van der Waals surface area contributed by atoms with Gasteiger partial charge in [0.15, 0.2) is 5.78 Å². The number of alkyl carbamates (subject to hydrolysis) is 1. The quantitative estimate of drug-likeness (QED) is 0.288. The minimum Gasteiger partial charge on any atom is -0.444 e. The van der Waals surface area contributed by atoms with Gasteiger partial charge in [-0.15, -0.1) is 0 Å². The van der Waals surface area contributed by atoms with Gasteiger partial charge in [-0.1, -0.05) is 67.1 Å². The van der Waals surface area contributed by atoms with Crippen LogP contribution in [0.1, 0.15) is 70.0 Å². The third-order valence-corrected chi connectivity index (χ3v) is 5.88. The standard InChI is InChI=1S/C29H38F3N3O4/c1-28(2,3)39-27(38)34-17-11-10-16-22(18-24(36)23(33)19-29(30,31)32)26(37)35-25(20-12-6-4-7-13-20)21-14-8-5-9-15-21/h4-9,12-15,22-23,25H,10-11,16-19,33H2,1-3H3,(H,34,38)(H,35,37)/t22-,23+/m1/s1. The summed E-state index contributed by atoms with van der Waals surface area (Å²) in [7, 11) is 0. The van der Waals surface area contributed by atoms with Crippen molar-refractivity contribution >= 4 is 17.8 Å². The van der Waals surface area contributed by atoms with Gasteiger partial charge in [0.2, 0.25) is 5.91 Å². The summed E-state index contributed by atoms with van der Waals surface area (Å²) in [5.41, 5.74) is 6.52. The number of rotatable bonds is 13. The molecular weight excluding hydrogens is 511 g/mol. The molecule has 0 aliphatic carbocycles. The largest absolute Gasteiger partial charge is 0.444 e. The molecule has 4 N–H and O–H groups in total. The first-order chi connectivity index (χ1) is 18.2. The van der Waals surface area contributed by atoms with Crippen LogP contribution < -0.4 is 16.4 Å². The topological polar surface area (TPSA) is 111 Å². The number of hydrogen-bond acceptors (Lipinski definition) is 5. The van der Waals surface area contributed by atoms with E-state index in [2.05, 4.69) is 10.6 Å². The Labute approximate surface area is 227 Å². The molecule has 0 heterocycles. The molecule has 0 aliphatic heterocycles. The van der Waals surface area contributed by atoms with Crippen LogP contribution in [0.15, 0.2) is 60.7 Å². The highest BCUT2D eigenvalue weighted by molar-refractivity contribution is 5.90. The average molecular weight is 550 g/mol. The molecule has 2 amide bonds. The van der Waals surface area contributed by atoms with Gasteiger partial charge in [-0.3, -0.25) is 9.59 Å². The Morgan fingerprint density at radius 3 is 1.92 bits per heavy atom. The lowest BCUT2D eigenvalue weighted by Crippen LogP contribution is -2.40. The van der Waals surface area contributed by atoms with Gasteiger partial charge in [-0.05, 0) is 44.7 Å². The average Bonchev–Trinajstić information content (AvgIpc) is 2.85. The predicted octanol–water partition coefficient (Wildman–Crippen LogP) is 5.44. The Bertz CT molecular complexity index is 1020. The van der Waals surface area contributed by atoms with E-state index in [4.69, 9.17) is 10.5 Å². The molecule has 2 aromatic carbocycles. The number of unbranched alkanes of at least 4 members (excludes halogenated alkanes) is 1. The van der Waals surface area contributed by atoms with Crippen molar-refractivity contribution in [3.63, 3.8) is 0 Å². The molecule has 0 bridgehead atoms. The van der Waals surface area contributed by atoms with Crippen LogP contribution in [-0.4, -0.2) is 42.1 Å². The van der Waals surface area contributed by atoms with Crippen LogP contribution in [0.25, 0.3) is 0 Å². The van der Waals surface area contributed by atoms with Crippen molar-refractivity contribution in [3.05, 3.63) is 71.8 Å². The second-order valence-corrected chi connectivity index (χ2v) is 10.5. The maximum atomic E-state index is 13.5. The fraction of sp³-hybridized carbons (Fsp3) is 0.483. The number of carbonyl (C=O) groups is 3. The van der Waals surface area contributed by atoms with Crippen LogP contribution in [-0.2, 0) is 14.3 Å². The van der Waals surface area contributed by atoms with Crippen molar-refractivity contribution in [3.8, 4) is 0 Å². The predicted molar refractivity (Wildman–Crippen MR) is 143 cm³/mol. The second kappa shape index (κ2) is 14.7. The lowest BCUT2D eigenvalue weighted by Gasteiger charge is -2.24. The molecule has 0 saturated heterocycles. The third kappa shape index (κ3) is 12.3. The first-order valence-electron chi connectivity index (χ1n) is 13.0. The molecule has 2 atom stereocenters. The fourth-order valence-electron chi connectivity index (χ4n) is 4.01. The van der Waals surface area contributed by atoms with Gasteiger partial charge in [0.1, 0.15) is 5.60 Å². The number of halogens is 3. The number of ether oxygens (including phenoxy) is 1. The van der Waals surface area contributed by atoms with Crippen LogP contribution in [0.2, 0.25) is 0 Å². The van der Waals surface area contributed by atoms with Crippen molar-refractivity contribution in [1.82, 2.24) is 10.6 Å². The Hall–Kier alpha value is -3.40. The van der Waals surface area contributed by atoms with Gasteiger partial charge >= 0.3 is 12.3 Å². The van der Waals surface area contributed by atoms with Gasteiger partial charge in [-0.25, -0.2) is 4.79 Å². The van der Waals surface area contributed by atoms with Gasteiger partial charge < -0.3 is 21.1 Å². The molecule has 0 aliphatic rings. The zero-order chi connectivity index (χ0) is 29.1. The van der Waals surface area contributed by atoms with Gasteiger partial charge in [0.25, 0.3) is 0 Å². The number of alkyl halides is 3. The highest BCUT2D eigenvalue weighted by atomic mass is 19.4. The molecular formula is C29H38F3N3O4. The van der Waals surface area contributed by atoms with Gasteiger partial charge in [0, 0.05) is 18.9 Å². The molecule has 39 heavy (non-hydrogen) atoms. The van der Waals surface area contributed by atoms with Crippen molar-refractivity contribution in [2.45, 2.75) is 76.7 Å². The maximum Gasteiger partial charge on any atom is 0.407 e. The summed E-state index contributed by atoms with van der Waals surface area (Å²) in [6, 6.07) is 16.2. The summed E-state index contributed by atoms with van der Waals surface area (Å²) in [6.45, 7) is 5.51. The lowest BCUT2D eigenvalue weighted by atomic mass is 9.90. The van der Waals surface area contributed by atoms with Crippen molar-refractivity contribution in [2.24, 2.45) is 11.7 Å². The Morgan fingerprint density at radius 2 is 1.44 bits per heavy atom. The number of benzene rings is 2. The van der Waals surface area contributed by atoms with E-state index in [-0.39, 0.29) is 13.0 Å². The fourth-order valence-corrected chi connectivity index (χ4v) is 4.01. The SMILES string of the molecule is CC(C)(C)OC(=O)NCCCC[C@H](CC(=O)[C@@H](N)CC(F)(F)F)C(=O)NC(c1ccccc1)c1ccccc1. The molecule has 0 saturated carbocycles. The van der Waals surface area contributed by atoms with E-state index in [9.17, 15) is 27.6 Å². The summed E-state index contributed by atoms with van der Waals surface area (Å²) < 4.78 is 43.6.